The third-order valence-electron chi connectivity index (χ3n) is 10.3. The summed E-state index contributed by atoms with van der Waals surface area (Å²) in [6.45, 7) is 8.81. The van der Waals surface area contributed by atoms with Crippen molar-refractivity contribution in [3.05, 3.63) is 4.91 Å². The molecule has 29 heavy (non-hydrogen) atoms. The van der Waals surface area contributed by atoms with Crippen molar-refractivity contribution in [3.8, 4) is 0 Å². The lowest BCUT2D eigenvalue weighted by atomic mass is 9.44. The highest BCUT2D eigenvalue weighted by molar-refractivity contribution is 5.66. The van der Waals surface area contributed by atoms with E-state index in [1.165, 1.54) is 44.9 Å². The van der Waals surface area contributed by atoms with Gasteiger partial charge in [-0.25, -0.2) is 0 Å². The fourth-order valence-corrected chi connectivity index (χ4v) is 8.73. The average Bonchev–Trinajstić information content (AvgIpc) is 3.03. The fraction of sp³-hybridized carbons (Fsp3) is 0.958. The number of carbonyl (C=O) groups is 1. The first kappa shape index (κ1) is 21.1. The molecular formula is C24H40N2O3. The van der Waals surface area contributed by atoms with Crippen molar-refractivity contribution < 1.29 is 9.53 Å². The molecule has 0 N–H and O–H groups in total. The highest BCUT2D eigenvalue weighted by Crippen LogP contribution is 2.68. The van der Waals surface area contributed by atoms with Crippen LogP contribution in [0.15, 0.2) is 5.29 Å². The molecule has 5 heteroatoms. The fourth-order valence-electron chi connectivity index (χ4n) is 8.73. The van der Waals surface area contributed by atoms with E-state index in [2.05, 4.69) is 26.1 Å². The van der Waals surface area contributed by atoms with Gasteiger partial charge in [-0.3, -0.25) is 9.80 Å². The summed E-state index contributed by atoms with van der Waals surface area (Å²) < 4.78 is 5.60. The largest absolute Gasteiger partial charge is 0.463 e. The number of nitrogens with zero attached hydrogens (tertiary/aromatic N) is 2. The predicted octanol–water partition coefficient (Wildman–Crippen LogP) is 5.58. The third kappa shape index (κ3) is 3.31. The second kappa shape index (κ2) is 7.53. The molecule has 4 aliphatic rings. The van der Waals surface area contributed by atoms with E-state index in [4.69, 9.17) is 4.74 Å². The molecule has 0 aliphatic heterocycles. The minimum absolute atomic E-state index is 0.123. The molecule has 0 heterocycles. The lowest BCUT2D eigenvalue weighted by Crippen LogP contribution is -2.55. The summed E-state index contributed by atoms with van der Waals surface area (Å²) in [5.41, 5.74) is 0.753. The average molecular weight is 405 g/mol. The van der Waals surface area contributed by atoms with Crippen molar-refractivity contribution in [3.63, 3.8) is 0 Å². The Kier molecular flexibility index (Phi) is 5.48. The Labute approximate surface area is 176 Å². The van der Waals surface area contributed by atoms with Crippen molar-refractivity contribution in [1.82, 2.24) is 5.01 Å². The van der Waals surface area contributed by atoms with Gasteiger partial charge in [0.05, 0.1) is 11.3 Å². The van der Waals surface area contributed by atoms with Gasteiger partial charge in [0.2, 0.25) is 0 Å². The van der Waals surface area contributed by atoms with Gasteiger partial charge in [0.1, 0.15) is 6.10 Å². The van der Waals surface area contributed by atoms with Crippen LogP contribution in [0.5, 0.6) is 0 Å². The van der Waals surface area contributed by atoms with Crippen LogP contribution in [0.1, 0.15) is 85.5 Å². The molecule has 4 fully saturated rings. The molecule has 0 radical (unpaired) electrons. The topological polar surface area (TPSA) is 59.0 Å². The van der Waals surface area contributed by atoms with Crippen LogP contribution in [0.25, 0.3) is 0 Å². The number of esters is 1. The van der Waals surface area contributed by atoms with Gasteiger partial charge in [0.15, 0.2) is 0 Å². The molecule has 4 rings (SSSR count). The van der Waals surface area contributed by atoms with Crippen molar-refractivity contribution >= 4 is 5.97 Å². The van der Waals surface area contributed by atoms with Crippen molar-refractivity contribution in [1.29, 1.82) is 0 Å². The summed E-state index contributed by atoms with van der Waals surface area (Å²) >= 11 is 0. The Balaban J connectivity index is 1.51. The molecule has 4 saturated carbocycles. The molecule has 0 aromatic rings. The first-order valence-corrected chi connectivity index (χ1v) is 11.9. The highest BCUT2D eigenvalue weighted by atomic mass is 16.5. The Morgan fingerprint density at radius 1 is 1.03 bits per heavy atom. The zero-order valence-electron chi connectivity index (χ0n) is 19.0. The summed E-state index contributed by atoms with van der Waals surface area (Å²) in [7, 11) is 1.84. The van der Waals surface area contributed by atoms with Crippen molar-refractivity contribution in [2.24, 2.45) is 45.7 Å². The Morgan fingerprint density at radius 2 is 1.72 bits per heavy atom. The Morgan fingerprint density at radius 3 is 2.41 bits per heavy atom. The molecule has 0 aromatic heterocycles. The van der Waals surface area contributed by atoms with E-state index < -0.39 is 0 Å². The Hall–Kier alpha value is -1.13. The maximum Gasteiger partial charge on any atom is 0.302 e. The summed E-state index contributed by atoms with van der Waals surface area (Å²) in [5, 5.41) is 4.87. The zero-order chi connectivity index (χ0) is 21.0. The van der Waals surface area contributed by atoms with Crippen molar-refractivity contribution in [2.45, 2.75) is 97.6 Å². The van der Waals surface area contributed by atoms with Gasteiger partial charge in [-0.05, 0) is 105 Å². The van der Waals surface area contributed by atoms with E-state index >= 15 is 0 Å². The molecule has 164 valence electrons. The van der Waals surface area contributed by atoms with E-state index in [9.17, 15) is 9.70 Å². The van der Waals surface area contributed by atoms with Gasteiger partial charge in [0.25, 0.3) is 0 Å². The number of hydrogen-bond acceptors (Lipinski definition) is 4. The van der Waals surface area contributed by atoms with E-state index in [0.29, 0.717) is 22.7 Å². The van der Waals surface area contributed by atoms with Crippen LogP contribution in [-0.4, -0.2) is 30.2 Å². The molecule has 0 aromatic carbocycles. The highest BCUT2D eigenvalue weighted by Gasteiger charge is 2.61. The van der Waals surface area contributed by atoms with Crippen LogP contribution in [0.3, 0.4) is 0 Å². The maximum atomic E-state index is 11.4. The number of nitroso groups, excluding NO2 is 1. The smallest absolute Gasteiger partial charge is 0.302 e. The molecule has 4 aliphatic carbocycles. The van der Waals surface area contributed by atoms with Crippen molar-refractivity contribution in [2.75, 3.05) is 7.05 Å². The SMILES string of the molecule is CC(=O)O[C@@H]1CC[C@@]2(C)[C@@H](CC[C@@H]3[C@H]4CC[C@H]([C@H](C)N(C)N=O)[C@]4(C)CC[C@H]32)C1. The van der Waals surface area contributed by atoms with E-state index in [1.54, 1.807) is 11.9 Å². The third-order valence-corrected chi connectivity index (χ3v) is 10.3. The van der Waals surface area contributed by atoms with Crippen LogP contribution < -0.4 is 0 Å². The van der Waals surface area contributed by atoms with Gasteiger partial charge in [0, 0.05) is 14.0 Å². The number of hydrogen-bond donors (Lipinski definition) is 0. The van der Waals surface area contributed by atoms with Gasteiger partial charge in [-0.15, -0.1) is 4.91 Å². The van der Waals surface area contributed by atoms with Gasteiger partial charge < -0.3 is 4.74 Å². The van der Waals surface area contributed by atoms with Crippen LogP contribution in [0, 0.1) is 45.3 Å². The van der Waals surface area contributed by atoms with E-state index in [-0.39, 0.29) is 18.1 Å². The molecule has 0 saturated heterocycles. The maximum absolute atomic E-state index is 11.4. The summed E-state index contributed by atoms with van der Waals surface area (Å²) in [6.07, 6.45) is 11.2. The quantitative estimate of drug-likeness (QED) is 0.349. The van der Waals surface area contributed by atoms with Crippen LogP contribution in [-0.2, 0) is 9.53 Å². The standard InChI is InChI=1S/C24H40N2O3/c1-15(26(5)25-28)20-8-9-21-19-7-6-17-14-18(29-16(2)27)10-12-23(17,3)22(19)11-13-24(20,21)4/h15,17-22H,6-14H2,1-5H3/t15-,17-,18+,19+,20+,21+,22+,23-,24-/m0/s1. The normalized spacial score (nSPS) is 47.3. The summed E-state index contributed by atoms with van der Waals surface area (Å²) in [4.78, 5) is 22.6. The molecule has 0 spiro atoms. The number of ether oxygens (including phenoxy) is 1. The minimum Gasteiger partial charge on any atom is -0.463 e. The first-order chi connectivity index (χ1) is 13.7. The molecule has 5 nitrogen and oxygen atoms in total. The van der Waals surface area contributed by atoms with Gasteiger partial charge in [-0.1, -0.05) is 13.8 Å². The van der Waals surface area contributed by atoms with E-state index in [0.717, 1.165) is 30.6 Å². The molecule has 9 atom stereocenters. The Bertz CT molecular complexity index is 654. The van der Waals surface area contributed by atoms with Gasteiger partial charge >= 0.3 is 5.97 Å². The zero-order valence-corrected chi connectivity index (χ0v) is 19.0. The second-order valence-electron chi connectivity index (χ2n) is 11.3. The number of carbonyl (C=O) groups excluding carboxylic acids is 1. The van der Waals surface area contributed by atoms with Crippen LogP contribution in [0.4, 0.5) is 0 Å². The molecular weight excluding hydrogens is 364 g/mol. The lowest BCUT2D eigenvalue weighted by Gasteiger charge is -2.61. The lowest BCUT2D eigenvalue weighted by molar-refractivity contribution is -0.160. The van der Waals surface area contributed by atoms with Crippen LogP contribution >= 0.6 is 0 Å². The van der Waals surface area contributed by atoms with Gasteiger partial charge in [-0.2, -0.15) is 0 Å². The second-order valence-corrected chi connectivity index (χ2v) is 11.3. The molecule has 0 bridgehead atoms. The minimum atomic E-state index is -0.123. The monoisotopic (exact) mass is 404 g/mol. The van der Waals surface area contributed by atoms with E-state index in [1.807, 2.05) is 7.05 Å². The summed E-state index contributed by atoms with van der Waals surface area (Å²) in [6, 6.07) is 0.227. The molecule has 0 unspecified atom stereocenters. The number of fused-ring (bicyclic) bond motifs is 5. The summed E-state index contributed by atoms with van der Waals surface area (Å²) in [5.74, 6) is 3.58. The van der Waals surface area contributed by atoms with Crippen LogP contribution in [0.2, 0.25) is 0 Å². The predicted molar refractivity (Wildman–Crippen MR) is 114 cm³/mol. The first-order valence-electron chi connectivity index (χ1n) is 11.9. The molecule has 0 amide bonds. The number of rotatable bonds is 4.